The zero-order valence-corrected chi connectivity index (χ0v) is 11.4. The number of hydrogen-bond acceptors (Lipinski definition) is 4. The van der Waals surface area contributed by atoms with Gasteiger partial charge in [-0.2, -0.15) is 0 Å². The van der Waals surface area contributed by atoms with Crippen LogP contribution < -0.4 is 5.32 Å². The summed E-state index contributed by atoms with van der Waals surface area (Å²) in [6.45, 7) is 2.16. The number of rotatable bonds is 6. The van der Waals surface area contributed by atoms with Crippen LogP contribution in [0.2, 0.25) is 0 Å². The Balaban J connectivity index is 2.13. The second-order valence-electron chi connectivity index (χ2n) is 5.51. The van der Waals surface area contributed by atoms with Crippen LogP contribution in [0.25, 0.3) is 0 Å². The highest BCUT2D eigenvalue weighted by atomic mass is 16.6. The van der Waals surface area contributed by atoms with E-state index in [0.717, 1.165) is 19.3 Å². The number of benzene rings is 1. The van der Waals surface area contributed by atoms with Gasteiger partial charge in [-0.25, -0.2) is 0 Å². The van der Waals surface area contributed by atoms with Crippen LogP contribution in [-0.4, -0.2) is 22.5 Å². The van der Waals surface area contributed by atoms with Crippen LogP contribution >= 0.6 is 0 Å². The number of aryl methyl sites for hydroxylation is 1. The number of hydrogen-bond donors (Lipinski definition) is 2. The van der Waals surface area contributed by atoms with Crippen molar-refractivity contribution in [1.82, 2.24) is 0 Å². The Morgan fingerprint density at radius 1 is 1.50 bits per heavy atom. The third kappa shape index (κ3) is 2.89. The first-order valence-corrected chi connectivity index (χ1v) is 6.63. The molecule has 0 bridgehead atoms. The maximum atomic E-state index is 11.1. The molecule has 0 spiro atoms. The molecule has 6 nitrogen and oxygen atoms in total. The average Bonchev–Trinajstić information content (AvgIpc) is 2.31. The zero-order chi connectivity index (χ0) is 14.8. The predicted molar refractivity (Wildman–Crippen MR) is 74.9 cm³/mol. The number of carbonyl (C=O) groups is 1. The Kier molecular flexibility index (Phi) is 3.92. The third-order valence-electron chi connectivity index (χ3n) is 4.01. The van der Waals surface area contributed by atoms with Gasteiger partial charge in [0.15, 0.2) is 0 Å². The number of para-hydroxylation sites is 1. The molecule has 2 N–H and O–H groups in total. The van der Waals surface area contributed by atoms with Crippen molar-refractivity contribution < 1.29 is 14.8 Å². The van der Waals surface area contributed by atoms with Crippen LogP contribution in [0.15, 0.2) is 18.2 Å². The summed E-state index contributed by atoms with van der Waals surface area (Å²) in [4.78, 5) is 21.6. The highest BCUT2D eigenvalue weighted by Crippen LogP contribution is 2.44. The normalized spacial score (nSPS) is 16.2. The average molecular weight is 278 g/mol. The van der Waals surface area contributed by atoms with Gasteiger partial charge in [-0.3, -0.25) is 14.9 Å². The zero-order valence-electron chi connectivity index (χ0n) is 11.4. The second kappa shape index (κ2) is 5.48. The van der Waals surface area contributed by atoms with Gasteiger partial charge in [0.1, 0.15) is 5.69 Å². The number of nitrogens with zero attached hydrogens (tertiary/aromatic N) is 1. The van der Waals surface area contributed by atoms with Crippen molar-refractivity contribution in [2.24, 2.45) is 5.41 Å². The topological polar surface area (TPSA) is 92.5 Å². The third-order valence-corrected chi connectivity index (χ3v) is 4.01. The van der Waals surface area contributed by atoms with E-state index in [1.807, 2.05) is 0 Å². The Labute approximate surface area is 117 Å². The number of nitro groups is 1. The van der Waals surface area contributed by atoms with E-state index in [-0.39, 0.29) is 17.5 Å². The molecule has 1 aliphatic carbocycles. The van der Waals surface area contributed by atoms with Crippen molar-refractivity contribution in [2.45, 2.75) is 32.6 Å². The van der Waals surface area contributed by atoms with Crippen LogP contribution in [0.1, 0.15) is 31.2 Å². The number of aliphatic carboxylic acids is 1. The summed E-state index contributed by atoms with van der Waals surface area (Å²) in [6, 6.07) is 5.12. The second-order valence-corrected chi connectivity index (χ2v) is 5.51. The molecule has 1 saturated carbocycles. The van der Waals surface area contributed by atoms with Crippen molar-refractivity contribution in [2.75, 3.05) is 11.9 Å². The minimum atomic E-state index is -0.815. The molecule has 0 unspecified atom stereocenters. The summed E-state index contributed by atoms with van der Waals surface area (Å²) in [5.74, 6) is -0.815. The molecule has 0 radical (unpaired) electrons. The lowest BCUT2D eigenvalue weighted by Crippen LogP contribution is -2.38. The van der Waals surface area contributed by atoms with Crippen LogP contribution in [0, 0.1) is 22.5 Å². The number of nitro benzene ring substituents is 1. The Morgan fingerprint density at radius 3 is 2.70 bits per heavy atom. The molecule has 0 aromatic heterocycles. The fourth-order valence-corrected chi connectivity index (χ4v) is 2.74. The van der Waals surface area contributed by atoms with Crippen molar-refractivity contribution in [1.29, 1.82) is 0 Å². The minimum Gasteiger partial charge on any atom is -0.481 e. The van der Waals surface area contributed by atoms with Crippen LogP contribution in [-0.2, 0) is 4.79 Å². The van der Waals surface area contributed by atoms with Crippen molar-refractivity contribution in [3.8, 4) is 0 Å². The van der Waals surface area contributed by atoms with Gasteiger partial charge in [-0.05, 0) is 31.2 Å². The SMILES string of the molecule is Cc1cccc(NCC2(CC(=O)O)CCC2)c1[N+](=O)[O-]. The van der Waals surface area contributed by atoms with E-state index in [1.165, 1.54) is 0 Å². The number of anilines is 1. The summed E-state index contributed by atoms with van der Waals surface area (Å²) in [6.07, 6.45) is 2.84. The summed E-state index contributed by atoms with van der Waals surface area (Å²) < 4.78 is 0. The monoisotopic (exact) mass is 278 g/mol. The molecule has 0 aliphatic heterocycles. The molecule has 1 aliphatic rings. The lowest BCUT2D eigenvalue weighted by atomic mass is 9.66. The largest absolute Gasteiger partial charge is 0.481 e. The summed E-state index contributed by atoms with van der Waals surface area (Å²) in [7, 11) is 0. The Morgan fingerprint density at radius 2 is 2.20 bits per heavy atom. The molecular weight excluding hydrogens is 260 g/mol. The summed E-state index contributed by atoms with van der Waals surface area (Å²) in [5.41, 5.74) is 0.869. The molecule has 0 heterocycles. The molecule has 6 heteroatoms. The van der Waals surface area contributed by atoms with Gasteiger partial charge in [-0.1, -0.05) is 18.6 Å². The van der Waals surface area contributed by atoms with E-state index >= 15 is 0 Å². The molecule has 1 aromatic rings. The molecule has 20 heavy (non-hydrogen) atoms. The van der Waals surface area contributed by atoms with Crippen LogP contribution in [0.3, 0.4) is 0 Å². The van der Waals surface area contributed by atoms with Gasteiger partial charge in [0, 0.05) is 12.1 Å². The lowest BCUT2D eigenvalue weighted by molar-refractivity contribution is -0.384. The Bertz CT molecular complexity index is 538. The molecule has 0 amide bonds. The van der Waals surface area contributed by atoms with Crippen molar-refractivity contribution in [3.05, 3.63) is 33.9 Å². The first kappa shape index (κ1) is 14.3. The molecule has 2 rings (SSSR count). The highest BCUT2D eigenvalue weighted by Gasteiger charge is 2.39. The molecule has 0 saturated heterocycles. The maximum absolute atomic E-state index is 11.1. The van der Waals surface area contributed by atoms with E-state index in [1.54, 1.807) is 25.1 Å². The van der Waals surface area contributed by atoms with Gasteiger partial charge in [0.25, 0.3) is 5.69 Å². The van der Waals surface area contributed by atoms with E-state index in [2.05, 4.69) is 5.32 Å². The smallest absolute Gasteiger partial charge is 0.303 e. The van der Waals surface area contributed by atoms with Gasteiger partial charge in [0.05, 0.1) is 11.3 Å². The van der Waals surface area contributed by atoms with Gasteiger partial charge < -0.3 is 10.4 Å². The van der Waals surface area contributed by atoms with E-state index in [4.69, 9.17) is 5.11 Å². The summed E-state index contributed by atoms with van der Waals surface area (Å²) >= 11 is 0. The van der Waals surface area contributed by atoms with E-state index in [9.17, 15) is 14.9 Å². The standard InChI is InChI=1S/C14H18N2O4/c1-10-4-2-5-11(13(10)16(19)20)15-9-14(6-3-7-14)8-12(17)18/h2,4-5,15H,3,6-9H2,1H3,(H,17,18). The number of carboxylic acid groups (broad SMARTS) is 1. The van der Waals surface area contributed by atoms with Crippen molar-refractivity contribution in [3.63, 3.8) is 0 Å². The van der Waals surface area contributed by atoms with Crippen molar-refractivity contribution >= 4 is 17.3 Å². The van der Waals surface area contributed by atoms with Gasteiger partial charge >= 0.3 is 5.97 Å². The van der Waals surface area contributed by atoms with E-state index in [0.29, 0.717) is 17.8 Å². The van der Waals surface area contributed by atoms with Gasteiger partial charge in [-0.15, -0.1) is 0 Å². The molecule has 1 fully saturated rings. The van der Waals surface area contributed by atoms with E-state index < -0.39 is 10.9 Å². The highest BCUT2D eigenvalue weighted by molar-refractivity contribution is 5.68. The number of carboxylic acids is 1. The minimum absolute atomic E-state index is 0.0669. The number of nitrogens with one attached hydrogen (secondary N) is 1. The first-order valence-electron chi connectivity index (χ1n) is 6.63. The van der Waals surface area contributed by atoms with Crippen LogP contribution in [0.4, 0.5) is 11.4 Å². The first-order chi connectivity index (χ1) is 9.43. The van der Waals surface area contributed by atoms with Gasteiger partial charge in [0.2, 0.25) is 0 Å². The fraction of sp³-hybridized carbons (Fsp3) is 0.500. The quantitative estimate of drug-likeness (QED) is 0.616. The molecule has 0 atom stereocenters. The fourth-order valence-electron chi connectivity index (χ4n) is 2.74. The molecular formula is C14H18N2O4. The van der Waals surface area contributed by atoms with Crippen LogP contribution in [0.5, 0.6) is 0 Å². The maximum Gasteiger partial charge on any atom is 0.303 e. The molecule has 108 valence electrons. The molecule has 1 aromatic carbocycles. The Hall–Kier alpha value is -2.11. The lowest BCUT2D eigenvalue weighted by Gasteiger charge is -2.41. The predicted octanol–water partition coefficient (Wildman–Crippen LogP) is 2.96. The summed E-state index contributed by atoms with van der Waals surface area (Å²) in [5, 5.41) is 23.1.